The van der Waals surface area contributed by atoms with Gasteiger partial charge < -0.3 is 40.2 Å². The number of fused-ring (bicyclic) bond motifs is 2. The second-order valence-corrected chi connectivity index (χ2v) is 20.6. The summed E-state index contributed by atoms with van der Waals surface area (Å²) in [5.41, 5.74) is -1.40. The van der Waals surface area contributed by atoms with Gasteiger partial charge in [0.1, 0.15) is 12.1 Å². The van der Waals surface area contributed by atoms with E-state index in [1.165, 1.54) is 30.3 Å². The Morgan fingerprint density at radius 3 is 1.77 bits per heavy atom. The molecule has 79 heavy (non-hydrogen) atoms. The first-order valence-electron chi connectivity index (χ1n) is 25.0. The van der Waals surface area contributed by atoms with Crippen molar-refractivity contribution in [1.29, 1.82) is 0 Å². The lowest BCUT2D eigenvalue weighted by Crippen LogP contribution is -2.63. The third-order valence-electron chi connectivity index (χ3n) is 14.5. The fourth-order valence-corrected chi connectivity index (χ4v) is 9.46. The van der Waals surface area contributed by atoms with Gasteiger partial charge in [-0.25, -0.2) is 29.2 Å². The molecule has 5 heterocycles. The number of amides is 4. The molecule has 3 aliphatic rings. The monoisotopic (exact) mass is 1120 g/mol. The molecule has 27 heteroatoms. The van der Waals surface area contributed by atoms with Crippen LogP contribution in [0.3, 0.4) is 0 Å². The van der Waals surface area contributed by atoms with E-state index >= 15 is 0 Å². The third kappa shape index (κ3) is 14.2. The Bertz CT molecular complexity index is 2810. The van der Waals surface area contributed by atoms with Crippen LogP contribution in [0.4, 0.5) is 50.7 Å². The molecule has 0 radical (unpaired) electrons. The number of ether oxygens (including phenoxy) is 3. The number of nitrogens with zero attached hydrogens (tertiary/aromatic N) is 7. The molecule has 2 bridgehead atoms. The molecule has 428 valence electrons. The average Bonchev–Trinajstić information content (AvgIpc) is 4.16. The van der Waals surface area contributed by atoms with Crippen LogP contribution in [0.1, 0.15) is 69.3 Å². The molecule has 3 aliphatic heterocycles. The van der Waals surface area contributed by atoms with Crippen LogP contribution < -0.4 is 26.3 Å². The summed E-state index contributed by atoms with van der Waals surface area (Å²) in [4.78, 5) is 66.8. The highest BCUT2D eigenvalue weighted by Gasteiger charge is 2.57. The Morgan fingerprint density at radius 1 is 0.747 bits per heavy atom. The number of benzene rings is 2. The highest BCUT2D eigenvalue weighted by Crippen LogP contribution is 2.42. The minimum atomic E-state index is -5.11. The number of hydrogen-bond donors (Lipinski definition) is 5. The Kier molecular flexibility index (Phi) is 18.4. The second-order valence-electron chi connectivity index (χ2n) is 20.6. The number of alkyl carbamates (subject to hydrolysis) is 2. The Hall–Kier alpha value is -7.15. The Balaban J connectivity index is 1.15. The van der Waals surface area contributed by atoms with Gasteiger partial charge in [0.25, 0.3) is 5.91 Å². The van der Waals surface area contributed by atoms with E-state index in [9.17, 15) is 59.4 Å². The third-order valence-corrected chi connectivity index (χ3v) is 14.5. The van der Waals surface area contributed by atoms with Crippen molar-refractivity contribution in [3.05, 3.63) is 95.4 Å². The number of aliphatic hydroxyl groups excluding tert-OH is 1. The van der Waals surface area contributed by atoms with Gasteiger partial charge in [0.15, 0.2) is 0 Å². The fourth-order valence-electron chi connectivity index (χ4n) is 9.46. The van der Waals surface area contributed by atoms with E-state index < -0.39 is 91.1 Å². The van der Waals surface area contributed by atoms with Crippen molar-refractivity contribution >= 4 is 29.9 Å². The first kappa shape index (κ1) is 59.5. The van der Waals surface area contributed by atoms with Gasteiger partial charge in [-0.05, 0) is 76.3 Å². The number of anilines is 1. The lowest BCUT2D eigenvalue weighted by atomic mass is 9.82. The molecule has 0 saturated carbocycles. The zero-order chi connectivity index (χ0) is 57.6. The standard InChI is InChI=1S/C52H61F8N11O8/c1-49(2,51(55,56)57)41(64-47(75)77-5)43(73)63-39(21-31-10-7-30(8-11-31)9-12-33-22-61-46(62-23-33)68-25-35-17-18-36(26-68)71(35)37-28-79-29-37)40(72)27-69(67-44(74)42(65-48(76)78-6)50(3,4)52(58,59)60)24-32-13-15-34(16-14-32)38-19-20-70(66-38)45(53)54/h7-8,10-11,13-16,19-20,22-23,35-37,39-42,45,72H,17-18,21,24-29H2,1-6H3,(H,63,73)(H,64,75)(H,65,76)(H,67,74)/t35?,36?,39-,40-,41+,42+/m0/s1. The number of hydrogen-bond acceptors (Lipinski definition) is 14. The highest BCUT2D eigenvalue weighted by molar-refractivity contribution is 5.87. The van der Waals surface area contributed by atoms with Crippen LogP contribution in [0.15, 0.2) is 73.2 Å². The molecule has 4 amide bonds. The Labute approximate surface area is 449 Å². The molecule has 2 aromatic carbocycles. The van der Waals surface area contributed by atoms with Gasteiger partial charge in [-0.2, -0.15) is 40.2 Å². The number of methoxy groups -OCH3 is 2. The lowest BCUT2D eigenvalue weighted by Gasteiger charge is -2.47. The number of aliphatic hydroxyl groups is 1. The van der Waals surface area contributed by atoms with Crippen LogP contribution in [0.2, 0.25) is 0 Å². The normalized spacial score (nSPS) is 18.6. The van der Waals surface area contributed by atoms with Crippen LogP contribution in [0.25, 0.3) is 11.3 Å². The summed E-state index contributed by atoms with van der Waals surface area (Å²) in [5, 5.41) is 23.1. The topological polar surface area (TPSA) is 218 Å². The summed E-state index contributed by atoms with van der Waals surface area (Å²) in [7, 11) is 1.73. The maximum atomic E-state index is 14.6. The smallest absolute Gasteiger partial charge is 0.407 e. The molecule has 0 aliphatic carbocycles. The number of aromatic nitrogens is 4. The molecule has 3 fully saturated rings. The van der Waals surface area contributed by atoms with Crippen molar-refractivity contribution < 1.29 is 73.6 Å². The number of carbonyl (C=O) groups is 4. The first-order valence-corrected chi connectivity index (χ1v) is 25.0. The number of rotatable bonds is 19. The zero-order valence-corrected chi connectivity index (χ0v) is 43.9. The molecule has 4 aromatic rings. The van der Waals surface area contributed by atoms with Crippen molar-refractivity contribution in [3.63, 3.8) is 0 Å². The van der Waals surface area contributed by atoms with Crippen LogP contribution in [0, 0.1) is 22.7 Å². The predicted octanol–water partition coefficient (Wildman–Crippen LogP) is 5.73. The van der Waals surface area contributed by atoms with E-state index in [0.29, 0.717) is 84.3 Å². The summed E-state index contributed by atoms with van der Waals surface area (Å²) >= 11 is 0. The molecule has 6 atom stereocenters. The minimum absolute atomic E-state index is 0.150. The Morgan fingerprint density at radius 2 is 1.28 bits per heavy atom. The van der Waals surface area contributed by atoms with Gasteiger partial charge in [0, 0.05) is 68.0 Å². The fraction of sp³-hybridized carbons (Fsp3) is 0.519. The highest BCUT2D eigenvalue weighted by atomic mass is 19.4. The summed E-state index contributed by atoms with van der Waals surface area (Å²) in [6, 6.07) is 8.43. The van der Waals surface area contributed by atoms with Crippen molar-refractivity contribution in [3.8, 4) is 23.1 Å². The molecule has 2 aromatic heterocycles. The van der Waals surface area contributed by atoms with Crippen LogP contribution >= 0.6 is 0 Å². The van der Waals surface area contributed by atoms with Gasteiger partial charge in [-0.1, -0.05) is 48.2 Å². The molecule has 7 rings (SSSR count). The summed E-state index contributed by atoms with van der Waals surface area (Å²) < 4.78 is 129. The molecule has 0 spiro atoms. The van der Waals surface area contributed by atoms with E-state index in [2.05, 4.69) is 56.9 Å². The van der Waals surface area contributed by atoms with Crippen molar-refractivity contribution in [1.82, 2.24) is 51.0 Å². The van der Waals surface area contributed by atoms with E-state index in [0.717, 1.165) is 64.6 Å². The van der Waals surface area contributed by atoms with E-state index in [4.69, 9.17) is 4.74 Å². The van der Waals surface area contributed by atoms with Crippen molar-refractivity contribution in [2.75, 3.05) is 52.0 Å². The van der Waals surface area contributed by atoms with E-state index in [1.807, 2.05) is 10.6 Å². The molecule has 3 saturated heterocycles. The molecule has 19 nitrogen and oxygen atoms in total. The summed E-state index contributed by atoms with van der Waals surface area (Å²) in [6.07, 6.45) is -8.76. The summed E-state index contributed by atoms with van der Waals surface area (Å²) in [5.74, 6) is 3.76. The lowest BCUT2D eigenvalue weighted by molar-refractivity contribution is -0.221. The minimum Gasteiger partial charge on any atom is -0.453 e. The van der Waals surface area contributed by atoms with Gasteiger partial charge in [0.05, 0.1) is 67.7 Å². The van der Waals surface area contributed by atoms with Gasteiger partial charge in [-0.15, -0.1) is 0 Å². The molecular weight excluding hydrogens is 1060 g/mol. The molecule has 5 N–H and O–H groups in total. The van der Waals surface area contributed by atoms with E-state index in [-0.39, 0.29) is 12.1 Å². The number of hydrazine groups is 1. The number of halogens is 8. The van der Waals surface area contributed by atoms with Crippen LogP contribution in [-0.4, -0.2) is 161 Å². The second kappa shape index (κ2) is 24.5. The number of piperazine rings is 1. The predicted molar refractivity (Wildman–Crippen MR) is 267 cm³/mol. The largest absolute Gasteiger partial charge is 0.453 e. The SMILES string of the molecule is COC(=O)N[C@H](C(=O)N[C@@H](Cc1ccc(C#Cc2cnc(N3CC4CCC(C3)N4C3COC3)nc2)cc1)[C@@H](O)CN(Cc1ccc(-c2ccn(C(F)F)n2)cc1)NC(=O)[C@@H](NC(=O)OC)C(C)(C)C(F)(F)F)C(C)(C)C(F)(F)F. The maximum absolute atomic E-state index is 14.6. The first-order chi connectivity index (χ1) is 37.2. The maximum Gasteiger partial charge on any atom is 0.407 e. The average molecular weight is 1120 g/mol. The van der Waals surface area contributed by atoms with Gasteiger partial charge in [0.2, 0.25) is 11.9 Å². The molecule has 2 unspecified atom stereocenters. The quantitative estimate of drug-likeness (QED) is 0.0431. The van der Waals surface area contributed by atoms with Crippen molar-refractivity contribution in [2.24, 2.45) is 10.8 Å². The van der Waals surface area contributed by atoms with E-state index in [1.54, 1.807) is 36.7 Å². The van der Waals surface area contributed by atoms with Crippen molar-refractivity contribution in [2.45, 2.75) is 115 Å². The molecular formula is C52H61F8N11O8. The van der Waals surface area contributed by atoms with Gasteiger partial charge >= 0.3 is 31.1 Å². The van der Waals surface area contributed by atoms with Gasteiger partial charge in [-0.3, -0.25) is 19.9 Å². The van der Waals surface area contributed by atoms with Crippen LogP contribution in [-0.2, 0) is 36.8 Å². The summed E-state index contributed by atoms with van der Waals surface area (Å²) in [6.45, 7) is 1.58. The number of carbonyl (C=O) groups excluding carboxylic acids is 4. The van der Waals surface area contributed by atoms with Crippen LogP contribution in [0.5, 0.6) is 0 Å². The number of alkyl halides is 8. The number of nitrogens with one attached hydrogen (secondary N) is 4. The zero-order valence-electron chi connectivity index (χ0n) is 43.9.